The second-order valence-corrected chi connectivity index (χ2v) is 8.62. The zero-order chi connectivity index (χ0) is 20.2. The van der Waals surface area contributed by atoms with E-state index in [0.29, 0.717) is 5.13 Å². The quantitative estimate of drug-likeness (QED) is 0.428. The summed E-state index contributed by atoms with van der Waals surface area (Å²) in [4.78, 5) is 22.7. The molecular formula is C22H20N4OS2. The van der Waals surface area contributed by atoms with Crippen LogP contribution in [0.4, 0.5) is 5.13 Å². The van der Waals surface area contributed by atoms with Gasteiger partial charge in [-0.05, 0) is 26.0 Å². The molecule has 4 rings (SSSR count). The second kappa shape index (κ2) is 8.63. The number of nitrogens with one attached hydrogen (secondary N) is 1. The fourth-order valence-corrected chi connectivity index (χ4v) is 4.42. The van der Waals surface area contributed by atoms with Crippen molar-refractivity contribution in [2.75, 3.05) is 11.1 Å². The Morgan fingerprint density at radius 2 is 1.72 bits per heavy atom. The van der Waals surface area contributed by atoms with Crippen molar-refractivity contribution in [1.82, 2.24) is 14.5 Å². The highest BCUT2D eigenvalue weighted by Crippen LogP contribution is 2.28. The number of aromatic nitrogens is 3. The van der Waals surface area contributed by atoms with Crippen LogP contribution in [0.5, 0.6) is 0 Å². The van der Waals surface area contributed by atoms with Crippen LogP contribution in [0.25, 0.3) is 16.9 Å². The molecule has 7 heteroatoms. The molecule has 0 fully saturated rings. The van der Waals surface area contributed by atoms with Crippen LogP contribution in [0, 0.1) is 13.8 Å². The van der Waals surface area contributed by atoms with E-state index in [9.17, 15) is 4.79 Å². The molecule has 2 aromatic heterocycles. The summed E-state index contributed by atoms with van der Waals surface area (Å²) < 4.78 is 2.03. The molecule has 146 valence electrons. The Hall–Kier alpha value is -2.90. The monoisotopic (exact) mass is 420 g/mol. The van der Waals surface area contributed by atoms with Crippen molar-refractivity contribution in [3.05, 3.63) is 77.4 Å². The zero-order valence-electron chi connectivity index (χ0n) is 16.1. The molecule has 0 aliphatic carbocycles. The van der Waals surface area contributed by atoms with E-state index in [-0.39, 0.29) is 11.7 Å². The van der Waals surface area contributed by atoms with Crippen molar-refractivity contribution in [2.24, 2.45) is 0 Å². The molecule has 0 atom stereocenters. The van der Waals surface area contributed by atoms with Gasteiger partial charge in [-0.25, -0.2) is 9.97 Å². The SMILES string of the molecule is Cc1nc(NC(=O)CSc2nc(-c3ccccc3)cn2-c2ccccc2)sc1C. The molecule has 0 bridgehead atoms. The van der Waals surface area contributed by atoms with Crippen molar-refractivity contribution >= 4 is 34.1 Å². The molecule has 2 heterocycles. The number of hydrogen-bond donors (Lipinski definition) is 1. The summed E-state index contributed by atoms with van der Waals surface area (Å²) in [5, 5.41) is 4.30. The molecule has 1 amide bonds. The number of thioether (sulfide) groups is 1. The van der Waals surface area contributed by atoms with Crippen LogP contribution in [-0.2, 0) is 4.79 Å². The summed E-state index contributed by atoms with van der Waals surface area (Å²) in [5.41, 5.74) is 3.88. The van der Waals surface area contributed by atoms with E-state index in [1.54, 1.807) is 0 Å². The van der Waals surface area contributed by atoms with Gasteiger partial charge in [-0.3, -0.25) is 9.36 Å². The largest absolute Gasteiger partial charge is 0.301 e. The minimum Gasteiger partial charge on any atom is -0.301 e. The summed E-state index contributed by atoms with van der Waals surface area (Å²) in [6.45, 7) is 3.94. The van der Waals surface area contributed by atoms with Crippen molar-refractivity contribution in [3.63, 3.8) is 0 Å². The number of carbonyl (C=O) groups excluding carboxylic acids is 1. The van der Waals surface area contributed by atoms with Gasteiger partial charge in [0, 0.05) is 22.3 Å². The van der Waals surface area contributed by atoms with E-state index >= 15 is 0 Å². The molecule has 4 aromatic rings. The maximum Gasteiger partial charge on any atom is 0.236 e. The van der Waals surface area contributed by atoms with Crippen molar-refractivity contribution in [2.45, 2.75) is 19.0 Å². The molecule has 1 N–H and O–H groups in total. The Balaban J connectivity index is 1.55. The Kier molecular flexibility index (Phi) is 5.78. The van der Waals surface area contributed by atoms with Crippen LogP contribution in [0.2, 0.25) is 0 Å². The fraction of sp³-hybridized carbons (Fsp3) is 0.136. The van der Waals surface area contributed by atoms with Crippen molar-refractivity contribution in [3.8, 4) is 16.9 Å². The van der Waals surface area contributed by atoms with Gasteiger partial charge in [-0.15, -0.1) is 11.3 Å². The first kappa shape index (κ1) is 19.4. The lowest BCUT2D eigenvalue weighted by Gasteiger charge is -2.07. The molecule has 0 spiro atoms. The summed E-state index contributed by atoms with van der Waals surface area (Å²) in [5.74, 6) is 0.170. The first-order valence-electron chi connectivity index (χ1n) is 9.17. The average molecular weight is 421 g/mol. The van der Waals surface area contributed by atoms with Crippen LogP contribution < -0.4 is 5.32 Å². The number of carbonyl (C=O) groups is 1. The molecule has 0 unspecified atom stereocenters. The Bertz CT molecular complexity index is 1100. The molecular weight excluding hydrogens is 400 g/mol. The third kappa shape index (κ3) is 4.58. The smallest absolute Gasteiger partial charge is 0.236 e. The average Bonchev–Trinajstić information content (AvgIpc) is 3.31. The topological polar surface area (TPSA) is 59.8 Å². The predicted molar refractivity (Wildman–Crippen MR) is 120 cm³/mol. The number of hydrogen-bond acceptors (Lipinski definition) is 5. The van der Waals surface area contributed by atoms with E-state index < -0.39 is 0 Å². The van der Waals surface area contributed by atoms with Crippen LogP contribution in [-0.4, -0.2) is 26.2 Å². The zero-order valence-corrected chi connectivity index (χ0v) is 17.8. The van der Waals surface area contributed by atoms with Crippen molar-refractivity contribution in [1.29, 1.82) is 0 Å². The molecule has 0 radical (unpaired) electrons. The number of amides is 1. The van der Waals surface area contributed by atoms with Gasteiger partial charge in [0.05, 0.1) is 17.1 Å². The predicted octanol–water partition coefficient (Wildman–Crippen LogP) is 5.34. The lowest BCUT2D eigenvalue weighted by molar-refractivity contribution is -0.113. The Morgan fingerprint density at radius 3 is 2.38 bits per heavy atom. The highest BCUT2D eigenvalue weighted by Gasteiger charge is 2.14. The third-order valence-electron chi connectivity index (χ3n) is 4.38. The first-order chi connectivity index (χ1) is 14.1. The maximum atomic E-state index is 12.4. The number of rotatable bonds is 6. The minimum absolute atomic E-state index is 0.0902. The second-order valence-electron chi connectivity index (χ2n) is 6.48. The molecule has 0 aliphatic rings. The Labute approximate surface area is 177 Å². The molecule has 0 saturated carbocycles. The molecule has 5 nitrogen and oxygen atoms in total. The molecule has 0 aliphatic heterocycles. The van der Waals surface area contributed by atoms with Crippen LogP contribution >= 0.6 is 23.1 Å². The highest BCUT2D eigenvalue weighted by atomic mass is 32.2. The third-order valence-corrected chi connectivity index (χ3v) is 6.33. The Morgan fingerprint density at radius 1 is 1.03 bits per heavy atom. The fourth-order valence-electron chi connectivity index (χ4n) is 2.80. The van der Waals surface area contributed by atoms with E-state index in [1.807, 2.05) is 85.3 Å². The number of anilines is 1. The molecule has 2 aromatic carbocycles. The van der Waals surface area contributed by atoms with E-state index in [4.69, 9.17) is 4.98 Å². The van der Waals surface area contributed by atoms with Gasteiger partial charge >= 0.3 is 0 Å². The number of aryl methyl sites for hydroxylation is 2. The van der Waals surface area contributed by atoms with Gasteiger partial charge in [-0.2, -0.15) is 0 Å². The number of thiazole rings is 1. The van der Waals surface area contributed by atoms with Gasteiger partial charge in [0.15, 0.2) is 10.3 Å². The van der Waals surface area contributed by atoms with Crippen molar-refractivity contribution < 1.29 is 4.79 Å². The minimum atomic E-state index is -0.0902. The number of nitrogens with zero attached hydrogens (tertiary/aromatic N) is 3. The van der Waals surface area contributed by atoms with E-state index in [0.717, 1.165) is 32.7 Å². The molecule has 0 saturated heterocycles. The number of imidazole rings is 1. The van der Waals surface area contributed by atoms with Gasteiger partial charge < -0.3 is 5.32 Å². The lowest BCUT2D eigenvalue weighted by Crippen LogP contribution is -2.14. The summed E-state index contributed by atoms with van der Waals surface area (Å²) in [6.07, 6.45) is 2.01. The number of para-hydroxylation sites is 1. The standard InChI is InChI=1S/C22H20N4OS2/c1-15-16(2)29-21(23-15)25-20(27)14-28-22-24-19(17-9-5-3-6-10-17)13-26(22)18-11-7-4-8-12-18/h3-13H,14H2,1-2H3,(H,23,25,27). The summed E-state index contributed by atoms with van der Waals surface area (Å²) in [7, 11) is 0. The van der Waals surface area contributed by atoms with Crippen LogP contribution in [0.1, 0.15) is 10.6 Å². The normalized spacial score (nSPS) is 10.8. The summed E-state index contributed by atoms with van der Waals surface area (Å²) >= 11 is 2.91. The summed E-state index contributed by atoms with van der Waals surface area (Å²) in [6, 6.07) is 20.1. The van der Waals surface area contributed by atoms with Crippen LogP contribution in [0.15, 0.2) is 72.0 Å². The molecule has 29 heavy (non-hydrogen) atoms. The van der Waals surface area contributed by atoms with E-state index in [2.05, 4.69) is 10.3 Å². The van der Waals surface area contributed by atoms with Gasteiger partial charge in [0.1, 0.15) is 0 Å². The first-order valence-corrected chi connectivity index (χ1v) is 11.0. The van der Waals surface area contributed by atoms with Gasteiger partial charge in [0.25, 0.3) is 0 Å². The van der Waals surface area contributed by atoms with Gasteiger partial charge in [-0.1, -0.05) is 60.3 Å². The van der Waals surface area contributed by atoms with Crippen LogP contribution in [0.3, 0.4) is 0 Å². The van der Waals surface area contributed by atoms with Gasteiger partial charge in [0.2, 0.25) is 5.91 Å². The van der Waals surface area contributed by atoms with E-state index in [1.165, 1.54) is 23.1 Å². The maximum absolute atomic E-state index is 12.4. The lowest BCUT2D eigenvalue weighted by atomic mass is 10.2. The number of benzene rings is 2. The highest BCUT2D eigenvalue weighted by molar-refractivity contribution is 7.99.